The highest BCUT2D eigenvalue weighted by Gasteiger charge is 2.36. The number of aromatic nitrogens is 2. The summed E-state index contributed by atoms with van der Waals surface area (Å²) < 4.78 is 0. The molecule has 142 valence electrons. The first kappa shape index (κ1) is 19.4. The van der Waals surface area contributed by atoms with Crippen molar-refractivity contribution in [3.05, 3.63) is 89.0 Å². The molecule has 3 aromatic rings. The fourth-order valence-corrected chi connectivity index (χ4v) is 3.33. The van der Waals surface area contributed by atoms with Crippen LogP contribution in [0.2, 0.25) is 0 Å². The highest BCUT2D eigenvalue weighted by atomic mass is 16.3. The van der Waals surface area contributed by atoms with Crippen LogP contribution in [0.1, 0.15) is 69.6 Å². The molecule has 2 N–H and O–H groups in total. The van der Waals surface area contributed by atoms with E-state index in [0.717, 1.165) is 11.1 Å². The molecule has 27 heavy (non-hydrogen) atoms. The summed E-state index contributed by atoms with van der Waals surface area (Å²) in [7, 11) is 0. The second kappa shape index (κ2) is 6.65. The Labute approximate surface area is 162 Å². The molecule has 0 saturated carbocycles. The zero-order valence-electron chi connectivity index (χ0n) is 17.2. The van der Waals surface area contributed by atoms with E-state index in [2.05, 4.69) is 75.8 Å². The van der Waals surface area contributed by atoms with Gasteiger partial charge in [-0.2, -0.15) is 0 Å². The Morgan fingerprint density at radius 2 is 1.04 bits per heavy atom. The topological polar surface area (TPSA) is 48.9 Å². The highest BCUT2D eigenvalue weighted by Crippen LogP contribution is 2.36. The van der Waals surface area contributed by atoms with Crippen LogP contribution in [0.4, 0.5) is 0 Å². The van der Waals surface area contributed by atoms with Gasteiger partial charge in [-0.1, -0.05) is 90.1 Å². The summed E-state index contributed by atoms with van der Waals surface area (Å²) in [5, 5.41) is 11.8. The van der Waals surface area contributed by atoms with E-state index in [1.165, 1.54) is 11.1 Å². The third-order valence-corrected chi connectivity index (χ3v) is 5.18. The number of nitrogens with one attached hydrogen (secondary N) is 1. The van der Waals surface area contributed by atoms with Crippen molar-refractivity contribution in [1.82, 2.24) is 9.97 Å². The van der Waals surface area contributed by atoms with Gasteiger partial charge >= 0.3 is 0 Å². The van der Waals surface area contributed by atoms with Gasteiger partial charge in [0.05, 0.1) is 0 Å². The molecule has 0 saturated heterocycles. The van der Waals surface area contributed by atoms with Crippen molar-refractivity contribution in [2.45, 2.75) is 58.0 Å². The zero-order chi connectivity index (χ0) is 19.9. The van der Waals surface area contributed by atoms with E-state index >= 15 is 0 Å². The number of aromatic amines is 1. The third-order valence-electron chi connectivity index (χ3n) is 5.18. The van der Waals surface area contributed by atoms with E-state index in [0.29, 0.717) is 5.82 Å². The Morgan fingerprint density at radius 3 is 1.33 bits per heavy atom. The van der Waals surface area contributed by atoms with Crippen LogP contribution in [0.5, 0.6) is 0 Å². The van der Waals surface area contributed by atoms with Crippen LogP contribution in [0.25, 0.3) is 0 Å². The summed E-state index contributed by atoms with van der Waals surface area (Å²) >= 11 is 0. The van der Waals surface area contributed by atoms with Gasteiger partial charge in [-0.15, -0.1) is 0 Å². The Hall–Kier alpha value is -2.39. The van der Waals surface area contributed by atoms with Crippen LogP contribution in [0.3, 0.4) is 0 Å². The fraction of sp³-hybridized carbons (Fsp3) is 0.375. The van der Waals surface area contributed by atoms with Crippen molar-refractivity contribution in [2.75, 3.05) is 0 Å². The van der Waals surface area contributed by atoms with Gasteiger partial charge in [0, 0.05) is 12.4 Å². The smallest absolute Gasteiger partial charge is 0.172 e. The second-order valence-corrected chi connectivity index (χ2v) is 9.30. The lowest BCUT2D eigenvalue weighted by atomic mass is 9.80. The number of aliphatic hydroxyl groups is 1. The molecule has 1 aromatic heterocycles. The van der Waals surface area contributed by atoms with Gasteiger partial charge in [-0.25, -0.2) is 4.98 Å². The maximum atomic E-state index is 11.8. The van der Waals surface area contributed by atoms with Gasteiger partial charge in [-0.05, 0) is 33.1 Å². The Morgan fingerprint density at radius 1 is 0.667 bits per heavy atom. The number of benzene rings is 2. The van der Waals surface area contributed by atoms with Crippen LogP contribution in [-0.2, 0) is 16.4 Å². The monoisotopic (exact) mass is 362 g/mol. The quantitative estimate of drug-likeness (QED) is 0.665. The molecule has 0 unspecified atom stereocenters. The fourth-order valence-electron chi connectivity index (χ4n) is 3.33. The summed E-state index contributed by atoms with van der Waals surface area (Å²) in [4.78, 5) is 7.48. The SMILES string of the molecule is CC(C)(C)c1ccc(C(O)(c2ccc(C(C)(C)C)cc2)c2ncc[nH]2)cc1. The Bertz CT molecular complexity index is 820. The summed E-state index contributed by atoms with van der Waals surface area (Å²) in [5.41, 5.74) is 2.87. The summed E-state index contributed by atoms with van der Waals surface area (Å²) in [6.45, 7) is 13.1. The Balaban J connectivity index is 2.11. The van der Waals surface area contributed by atoms with Crippen LogP contribution in [-0.4, -0.2) is 15.1 Å². The van der Waals surface area contributed by atoms with Gasteiger partial charge in [0.15, 0.2) is 5.60 Å². The van der Waals surface area contributed by atoms with Crippen molar-refractivity contribution >= 4 is 0 Å². The van der Waals surface area contributed by atoms with E-state index in [1.807, 2.05) is 24.3 Å². The molecule has 0 atom stereocenters. The van der Waals surface area contributed by atoms with Crippen molar-refractivity contribution < 1.29 is 5.11 Å². The Kier molecular flexibility index (Phi) is 4.77. The van der Waals surface area contributed by atoms with Gasteiger partial charge in [0.25, 0.3) is 0 Å². The third kappa shape index (κ3) is 3.70. The van der Waals surface area contributed by atoms with E-state index in [9.17, 15) is 5.11 Å². The summed E-state index contributed by atoms with van der Waals surface area (Å²) in [6.07, 6.45) is 3.42. The molecule has 0 amide bonds. The largest absolute Gasteiger partial charge is 0.373 e. The van der Waals surface area contributed by atoms with Gasteiger partial charge in [-0.3, -0.25) is 0 Å². The molecule has 0 fully saturated rings. The first-order valence-electron chi connectivity index (χ1n) is 9.47. The van der Waals surface area contributed by atoms with E-state index in [-0.39, 0.29) is 10.8 Å². The average molecular weight is 363 g/mol. The molecule has 0 radical (unpaired) electrons. The number of rotatable bonds is 3. The molecule has 1 heterocycles. The van der Waals surface area contributed by atoms with Gasteiger partial charge in [0.2, 0.25) is 0 Å². The molecule has 3 heteroatoms. The average Bonchev–Trinajstić information content (AvgIpc) is 3.15. The van der Waals surface area contributed by atoms with Crippen molar-refractivity contribution in [2.24, 2.45) is 0 Å². The number of hydrogen-bond acceptors (Lipinski definition) is 2. The highest BCUT2D eigenvalue weighted by molar-refractivity contribution is 5.45. The minimum Gasteiger partial charge on any atom is -0.373 e. The normalized spacial score (nSPS) is 13.0. The first-order chi connectivity index (χ1) is 12.5. The molecule has 0 bridgehead atoms. The maximum absolute atomic E-state index is 11.8. The number of hydrogen-bond donors (Lipinski definition) is 2. The first-order valence-corrected chi connectivity index (χ1v) is 9.47. The summed E-state index contributed by atoms with van der Waals surface area (Å²) in [6, 6.07) is 16.4. The predicted molar refractivity (Wildman–Crippen MR) is 111 cm³/mol. The summed E-state index contributed by atoms with van der Waals surface area (Å²) in [5.74, 6) is 0.523. The lowest BCUT2D eigenvalue weighted by Gasteiger charge is -2.29. The molecular formula is C24H30N2O. The number of imidazole rings is 1. The predicted octanol–water partition coefficient (Wildman–Crippen LogP) is 5.29. The lowest BCUT2D eigenvalue weighted by molar-refractivity contribution is 0.116. The van der Waals surface area contributed by atoms with Crippen molar-refractivity contribution in [3.63, 3.8) is 0 Å². The van der Waals surface area contributed by atoms with E-state index in [1.54, 1.807) is 12.4 Å². The van der Waals surface area contributed by atoms with Crippen molar-refractivity contribution in [3.8, 4) is 0 Å². The molecule has 3 nitrogen and oxygen atoms in total. The second-order valence-electron chi connectivity index (χ2n) is 9.30. The number of H-pyrrole nitrogens is 1. The molecule has 0 aliphatic heterocycles. The van der Waals surface area contributed by atoms with E-state index in [4.69, 9.17) is 0 Å². The molecule has 0 aliphatic carbocycles. The molecule has 0 aliphatic rings. The lowest BCUT2D eigenvalue weighted by Crippen LogP contribution is -2.30. The van der Waals surface area contributed by atoms with Gasteiger partial charge in [0.1, 0.15) is 5.82 Å². The van der Waals surface area contributed by atoms with Gasteiger partial charge < -0.3 is 10.1 Å². The maximum Gasteiger partial charge on any atom is 0.172 e. The minimum absolute atomic E-state index is 0.0652. The molecule has 3 rings (SSSR count). The number of nitrogens with zero attached hydrogens (tertiary/aromatic N) is 1. The van der Waals surface area contributed by atoms with Crippen LogP contribution in [0.15, 0.2) is 60.9 Å². The standard InChI is InChI=1S/C24H30N2O/c1-22(2,3)17-7-11-19(12-8-17)24(27,21-25-15-16-26-21)20-13-9-18(10-14-20)23(4,5)6/h7-16,27H,1-6H3,(H,25,26). The van der Waals surface area contributed by atoms with Crippen LogP contribution >= 0.6 is 0 Å². The van der Waals surface area contributed by atoms with Crippen LogP contribution in [0, 0.1) is 0 Å². The van der Waals surface area contributed by atoms with Crippen molar-refractivity contribution in [1.29, 1.82) is 0 Å². The van der Waals surface area contributed by atoms with Crippen LogP contribution < -0.4 is 0 Å². The van der Waals surface area contributed by atoms with E-state index < -0.39 is 5.60 Å². The molecule has 0 spiro atoms. The zero-order valence-corrected chi connectivity index (χ0v) is 17.2. The molecule has 2 aromatic carbocycles. The minimum atomic E-state index is -1.32. The molecular weight excluding hydrogens is 332 g/mol.